The molecule has 2 aliphatic carbocycles. The first-order valence-electron chi connectivity index (χ1n) is 8.25. The van der Waals surface area contributed by atoms with E-state index < -0.39 is 5.41 Å². The average molecular weight is 286 g/mol. The maximum atomic E-state index is 12.6. The highest BCUT2D eigenvalue weighted by atomic mass is 16.6. The second-order valence-corrected chi connectivity index (χ2v) is 7.67. The minimum absolute atomic E-state index is 0.0638. The first-order chi connectivity index (χ1) is 9.93. The first-order valence-corrected chi connectivity index (χ1v) is 8.25. The van der Waals surface area contributed by atoms with Crippen molar-refractivity contribution in [2.24, 2.45) is 11.3 Å². The van der Waals surface area contributed by atoms with Crippen LogP contribution in [-0.4, -0.2) is 5.97 Å². The fourth-order valence-electron chi connectivity index (χ4n) is 3.47. The number of rotatable bonds is 2. The molecule has 1 unspecified atom stereocenters. The van der Waals surface area contributed by atoms with Gasteiger partial charge in [-0.15, -0.1) is 0 Å². The molecule has 0 spiro atoms. The van der Waals surface area contributed by atoms with E-state index in [4.69, 9.17) is 4.74 Å². The van der Waals surface area contributed by atoms with Crippen molar-refractivity contribution in [1.82, 2.24) is 0 Å². The van der Waals surface area contributed by atoms with E-state index in [0.29, 0.717) is 5.92 Å². The van der Waals surface area contributed by atoms with Crippen molar-refractivity contribution in [2.45, 2.75) is 64.9 Å². The smallest absolute Gasteiger partial charge is 0.312 e. The van der Waals surface area contributed by atoms with Crippen LogP contribution < -0.4 is 0 Å². The quantitative estimate of drug-likeness (QED) is 0.586. The maximum absolute atomic E-state index is 12.6. The second-order valence-electron chi connectivity index (χ2n) is 7.67. The highest BCUT2D eigenvalue weighted by molar-refractivity contribution is 5.76. The summed E-state index contributed by atoms with van der Waals surface area (Å²) in [5, 5.41) is 0. The SMILES string of the molecule is CC(C)(C)C(=O)OC1(C2CC2)CCCCc2ccccc21. The largest absolute Gasteiger partial charge is 0.453 e. The first kappa shape index (κ1) is 14.6. The van der Waals surface area contributed by atoms with Gasteiger partial charge in [-0.2, -0.15) is 0 Å². The van der Waals surface area contributed by atoms with Crippen LogP contribution in [0.25, 0.3) is 0 Å². The maximum Gasteiger partial charge on any atom is 0.312 e. The van der Waals surface area contributed by atoms with Crippen molar-refractivity contribution >= 4 is 5.97 Å². The molecule has 1 atom stereocenters. The summed E-state index contributed by atoms with van der Waals surface area (Å²) < 4.78 is 6.23. The van der Waals surface area contributed by atoms with E-state index in [9.17, 15) is 4.79 Å². The normalized spacial score (nSPS) is 25.9. The molecule has 0 aliphatic heterocycles. The van der Waals surface area contributed by atoms with Crippen molar-refractivity contribution in [1.29, 1.82) is 0 Å². The monoisotopic (exact) mass is 286 g/mol. The minimum atomic E-state index is -0.441. The van der Waals surface area contributed by atoms with Gasteiger partial charge >= 0.3 is 5.97 Å². The van der Waals surface area contributed by atoms with E-state index in [1.165, 1.54) is 30.4 Å². The Morgan fingerprint density at radius 3 is 2.57 bits per heavy atom. The summed E-state index contributed by atoms with van der Waals surface area (Å²) in [5.41, 5.74) is 1.85. The summed E-state index contributed by atoms with van der Waals surface area (Å²) in [6.07, 6.45) is 6.80. The van der Waals surface area contributed by atoms with Crippen LogP contribution in [0.15, 0.2) is 24.3 Å². The van der Waals surface area contributed by atoms with E-state index in [1.807, 2.05) is 20.8 Å². The number of carbonyl (C=O) groups is 1. The van der Waals surface area contributed by atoms with Gasteiger partial charge in [0.15, 0.2) is 0 Å². The second kappa shape index (κ2) is 5.15. The molecule has 2 heteroatoms. The molecule has 1 aromatic carbocycles. The Kier molecular flexibility index (Phi) is 3.59. The summed E-state index contributed by atoms with van der Waals surface area (Å²) in [4.78, 5) is 12.6. The lowest BCUT2D eigenvalue weighted by atomic mass is 9.82. The number of esters is 1. The molecule has 2 aliphatic rings. The summed E-state index contributed by atoms with van der Waals surface area (Å²) in [7, 11) is 0. The Morgan fingerprint density at radius 1 is 1.19 bits per heavy atom. The number of fused-ring (bicyclic) bond motifs is 1. The molecule has 0 saturated heterocycles. The van der Waals surface area contributed by atoms with Gasteiger partial charge in [0.05, 0.1) is 5.41 Å². The highest BCUT2D eigenvalue weighted by Gasteiger charge is 2.51. The third kappa shape index (κ3) is 2.73. The van der Waals surface area contributed by atoms with Crippen LogP contribution in [0.1, 0.15) is 64.0 Å². The van der Waals surface area contributed by atoms with Crippen LogP contribution in [0, 0.1) is 11.3 Å². The lowest BCUT2D eigenvalue weighted by Crippen LogP contribution is -2.39. The zero-order valence-electron chi connectivity index (χ0n) is 13.4. The predicted octanol–water partition coefficient (Wildman–Crippen LogP) is 4.61. The van der Waals surface area contributed by atoms with Crippen molar-refractivity contribution < 1.29 is 9.53 Å². The molecular weight excluding hydrogens is 260 g/mol. The molecule has 3 rings (SSSR count). The number of ether oxygens (including phenoxy) is 1. The Balaban J connectivity index is 2.03. The van der Waals surface area contributed by atoms with Crippen LogP contribution in [0.5, 0.6) is 0 Å². The van der Waals surface area contributed by atoms with Gasteiger partial charge in [0.1, 0.15) is 5.60 Å². The zero-order chi connectivity index (χ0) is 15.1. The standard InChI is InChI=1S/C19H26O2/c1-18(2,3)17(20)21-19(15-11-12-15)13-7-6-9-14-8-4-5-10-16(14)19/h4-5,8,10,15H,6-7,9,11-13H2,1-3H3. The zero-order valence-corrected chi connectivity index (χ0v) is 13.4. The molecule has 1 saturated carbocycles. The van der Waals surface area contributed by atoms with Gasteiger partial charge in [-0.1, -0.05) is 24.3 Å². The summed E-state index contributed by atoms with van der Waals surface area (Å²) in [6, 6.07) is 8.59. The number of aryl methyl sites for hydroxylation is 1. The van der Waals surface area contributed by atoms with Crippen molar-refractivity contribution in [3.05, 3.63) is 35.4 Å². The molecule has 2 nitrogen and oxygen atoms in total. The number of benzene rings is 1. The van der Waals surface area contributed by atoms with Crippen LogP contribution in [0.4, 0.5) is 0 Å². The molecule has 1 fully saturated rings. The van der Waals surface area contributed by atoms with Crippen LogP contribution in [-0.2, 0) is 21.6 Å². The number of hydrogen-bond donors (Lipinski definition) is 0. The van der Waals surface area contributed by atoms with Crippen LogP contribution >= 0.6 is 0 Å². The van der Waals surface area contributed by atoms with E-state index in [1.54, 1.807) is 0 Å². The molecule has 0 N–H and O–H groups in total. The van der Waals surface area contributed by atoms with Gasteiger partial charge < -0.3 is 4.74 Å². The molecule has 0 bridgehead atoms. The molecule has 0 aromatic heterocycles. The Bertz CT molecular complexity index is 537. The molecule has 0 amide bonds. The molecule has 1 aromatic rings. The Hall–Kier alpha value is -1.31. The fourth-order valence-corrected chi connectivity index (χ4v) is 3.47. The Labute approximate surface area is 127 Å². The summed E-state index contributed by atoms with van der Waals surface area (Å²) >= 11 is 0. The molecule has 21 heavy (non-hydrogen) atoms. The van der Waals surface area contributed by atoms with Crippen molar-refractivity contribution in [3.63, 3.8) is 0 Å². The lowest BCUT2D eigenvalue weighted by molar-refractivity contribution is -0.175. The van der Waals surface area contributed by atoms with Crippen molar-refractivity contribution in [2.75, 3.05) is 0 Å². The lowest BCUT2D eigenvalue weighted by Gasteiger charge is -2.37. The topological polar surface area (TPSA) is 26.3 Å². The predicted molar refractivity (Wildman–Crippen MR) is 83.9 cm³/mol. The molecule has 0 radical (unpaired) electrons. The van der Waals surface area contributed by atoms with Gasteiger partial charge in [0.2, 0.25) is 0 Å². The van der Waals surface area contributed by atoms with Crippen molar-refractivity contribution in [3.8, 4) is 0 Å². The van der Waals surface area contributed by atoms with Gasteiger partial charge in [-0.3, -0.25) is 4.79 Å². The average Bonchev–Trinajstić information content (AvgIpc) is 3.25. The number of hydrogen-bond acceptors (Lipinski definition) is 2. The molecular formula is C19H26O2. The van der Waals surface area contributed by atoms with E-state index >= 15 is 0 Å². The third-order valence-corrected chi connectivity index (χ3v) is 4.84. The van der Waals surface area contributed by atoms with Gasteiger partial charge in [-0.05, 0) is 70.4 Å². The molecule has 114 valence electrons. The fraction of sp³-hybridized carbons (Fsp3) is 0.632. The number of carbonyl (C=O) groups excluding carboxylic acids is 1. The molecule has 0 heterocycles. The third-order valence-electron chi connectivity index (χ3n) is 4.84. The van der Waals surface area contributed by atoms with Gasteiger partial charge in [0.25, 0.3) is 0 Å². The highest BCUT2D eigenvalue weighted by Crippen LogP contribution is 2.53. The van der Waals surface area contributed by atoms with Gasteiger partial charge in [0, 0.05) is 5.92 Å². The van der Waals surface area contributed by atoms with Crippen LogP contribution in [0.2, 0.25) is 0 Å². The van der Waals surface area contributed by atoms with E-state index in [2.05, 4.69) is 24.3 Å². The minimum Gasteiger partial charge on any atom is -0.453 e. The van der Waals surface area contributed by atoms with Gasteiger partial charge in [-0.25, -0.2) is 0 Å². The Morgan fingerprint density at radius 2 is 1.90 bits per heavy atom. The summed E-state index contributed by atoms with van der Waals surface area (Å²) in [5.74, 6) is 0.453. The summed E-state index contributed by atoms with van der Waals surface area (Å²) in [6.45, 7) is 5.83. The van der Waals surface area contributed by atoms with E-state index in [0.717, 1.165) is 19.3 Å². The van der Waals surface area contributed by atoms with Crippen LogP contribution in [0.3, 0.4) is 0 Å². The van der Waals surface area contributed by atoms with E-state index in [-0.39, 0.29) is 11.6 Å².